The van der Waals surface area contributed by atoms with E-state index in [2.05, 4.69) is 24.6 Å². The Labute approximate surface area is 56.3 Å². The minimum absolute atomic E-state index is 0.791. The van der Waals surface area contributed by atoms with Gasteiger partial charge in [0.2, 0.25) is 0 Å². The maximum absolute atomic E-state index is 2.37. The van der Waals surface area contributed by atoms with Gasteiger partial charge in [-0.05, 0) is 25.2 Å². The van der Waals surface area contributed by atoms with Gasteiger partial charge in [0.05, 0.1) is 0 Å². The molecule has 0 saturated heterocycles. The lowest BCUT2D eigenvalue weighted by Crippen LogP contribution is -2.04. The van der Waals surface area contributed by atoms with Crippen LogP contribution in [0.4, 0.5) is 0 Å². The van der Waals surface area contributed by atoms with E-state index in [0.717, 1.165) is 5.92 Å². The first-order valence-electron chi connectivity index (χ1n) is 3.68. The van der Waals surface area contributed by atoms with Crippen molar-refractivity contribution in [2.75, 3.05) is 0 Å². The van der Waals surface area contributed by atoms with Crippen molar-refractivity contribution in [1.29, 1.82) is 0 Å². The third-order valence-electron chi connectivity index (χ3n) is 2.16. The van der Waals surface area contributed by atoms with Crippen LogP contribution in [0.2, 0.25) is 0 Å². The fraction of sp³-hybridized carbons (Fsp3) is 0.444. The maximum Gasteiger partial charge on any atom is -0.00140 e. The molecule has 0 heterocycles. The van der Waals surface area contributed by atoms with Gasteiger partial charge in [0, 0.05) is 0 Å². The summed E-state index contributed by atoms with van der Waals surface area (Å²) in [7, 11) is 0. The average Bonchev–Trinajstić information content (AvgIpc) is 2.33. The molecule has 0 heteroatoms. The molecule has 1 fully saturated rings. The molecule has 0 amide bonds. The molecule has 47 valence electrons. The molecule has 1 unspecified atom stereocenters. The van der Waals surface area contributed by atoms with E-state index in [1.807, 2.05) is 0 Å². The van der Waals surface area contributed by atoms with Crippen LogP contribution in [0.3, 0.4) is 0 Å². The summed E-state index contributed by atoms with van der Waals surface area (Å²) in [6.45, 7) is 0. The van der Waals surface area contributed by atoms with E-state index in [9.17, 15) is 0 Å². The fourth-order valence-corrected chi connectivity index (χ4v) is 1.62. The Morgan fingerprint density at radius 1 is 1.44 bits per heavy atom. The number of rotatable bonds is 0. The van der Waals surface area contributed by atoms with Crippen LogP contribution < -0.4 is 0 Å². The smallest absolute Gasteiger partial charge is 0.00140 e. The predicted molar refractivity (Wildman–Crippen MR) is 38.9 cm³/mol. The van der Waals surface area contributed by atoms with Gasteiger partial charge in [0.25, 0.3) is 0 Å². The van der Waals surface area contributed by atoms with Gasteiger partial charge in [-0.1, -0.05) is 30.2 Å². The Morgan fingerprint density at radius 3 is 3.33 bits per heavy atom. The zero-order valence-corrected chi connectivity index (χ0v) is 5.51. The molecular weight excluding hydrogens is 108 g/mol. The summed E-state index contributed by atoms with van der Waals surface area (Å²) in [5, 5.41) is 0. The first kappa shape index (κ1) is 5.28. The lowest BCUT2D eigenvalue weighted by atomic mass is 9.87. The van der Waals surface area contributed by atoms with Crippen LogP contribution in [-0.2, 0) is 0 Å². The van der Waals surface area contributed by atoms with Gasteiger partial charge in [-0.15, -0.1) is 0 Å². The van der Waals surface area contributed by atoms with Crippen molar-refractivity contribution < 1.29 is 0 Å². The first-order chi connectivity index (χ1) is 4.47. The van der Waals surface area contributed by atoms with E-state index in [1.165, 1.54) is 19.3 Å². The van der Waals surface area contributed by atoms with Crippen LogP contribution in [0.25, 0.3) is 0 Å². The normalized spacial score (nSPS) is 32.0. The van der Waals surface area contributed by atoms with Crippen molar-refractivity contribution >= 4 is 0 Å². The molecule has 0 nitrogen and oxygen atoms in total. The van der Waals surface area contributed by atoms with Crippen LogP contribution in [0.1, 0.15) is 19.3 Å². The zero-order valence-electron chi connectivity index (χ0n) is 5.51. The lowest BCUT2D eigenvalue weighted by Gasteiger charge is -2.18. The van der Waals surface area contributed by atoms with Crippen LogP contribution in [-0.4, -0.2) is 0 Å². The molecule has 0 bridgehead atoms. The zero-order chi connectivity index (χ0) is 6.10. The van der Waals surface area contributed by atoms with Crippen molar-refractivity contribution in [3.8, 4) is 0 Å². The monoisotopic (exact) mass is 119 g/mol. The van der Waals surface area contributed by atoms with E-state index < -0.39 is 0 Å². The summed E-state index contributed by atoms with van der Waals surface area (Å²) in [4.78, 5) is 0. The van der Waals surface area contributed by atoms with Crippen molar-refractivity contribution in [2.45, 2.75) is 19.3 Å². The Balaban J connectivity index is 2.16. The van der Waals surface area contributed by atoms with Gasteiger partial charge in [-0.25, -0.2) is 0 Å². The van der Waals surface area contributed by atoms with Gasteiger partial charge in [0.1, 0.15) is 0 Å². The second-order valence-corrected chi connectivity index (χ2v) is 2.79. The fourth-order valence-electron chi connectivity index (χ4n) is 1.62. The molecule has 0 aromatic heterocycles. The highest BCUT2D eigenvalue weighted by Crippen LogP contribution is 2.32. The van der Waals surface area contributed by atoms with E-state index in [-0.39, 0.29) is 0 Å². The topological polar surface area (TPSA) is 0 Å². The molecule has 0 spiro atoms. The van der Waals surface area contributed by atoms with Crippen molar-refractivity contribution in [3.63, 3.8) is 0 Å². The third kappa shape index (κ3) is 0.827. The highest BCUT2D eigenvalue weighted by Gasteiger charge is 2.17. The molecule has 0 aromatic carbocycles. The molecule has 0 N–H and O–H groups in total. The average molecular weight is 119 g/mol. The second kappa shape index (κ2) is 2.02. The standard InChI is InChI=1S/C9H11/c1-2-5-9-7-3-6-8(9)4-1/h3-4,6-7,9H,1-2,5H2. The molecule has 0 aliphatic heterocycles. The third-order valence-corrected chi connectivity index (χ3v) is 2.16. The van der Waals surface area contributed by atoms with Gasteiger partial charge in [0.15, 0.2) is 0 Å². The van der Waals surface area contributed by atoms with Crippen LogP contribution >= 0.6 is 0 Å². The summed E-state index contributed by atoms with van der Waals surface area (Å²) >= 11 is 0. The largest absolute Gasteiger partial charge is 0.0773 e. The van der Waals surface area contributed by atoms with Gasteiger partial charge < -0.3 is 0 Å². The van der Waals surface area contributed by atoms with Crippen LogP contribution in [0.15, 0.2) is 23.8 Å². The Hall–Kier alpha value is -0.520. The summed E-state index contributed by atoms with van der Waals surface area (Å²) in [5.41, 5.74) is 1.56. The Kier molecular flexibility index (Phi) is 1.18. The minimum atomic E-state index is 0.791. The van der Waals surface area contributed by atoms with Crippen LogP contribution in [0, 0.1) is 12.3 Å². The highest BCUT2D eigenvalue weighted by atomic mass is 14.2. The minimum Gasteiger partial charge on any atom is -0.0773 e. The van der Waals surface area contributed by atoms with E-state index in [4.69, 9.17) is 0 Å². The molecule has 1 atom stereocenters. The van der Waals surface area contributed by atoms with Crippen molar-refractivity contribution in [3.05, 3.63) is 30.2 Å². The molecule has 2 aliphatic carbocycles. The van der Waals surface area contributed by atoms with Gasteiger partial charge >= 0.3 is 0 Å². The second-order valence-electron chi connectivity index (χ2n) is 2.79. The molecule has 1 radical (unpaired) electrons. The molecule has 1 saturated carbocycles. The quantitative estimate of drug-likeness (QED) is 0.459. The maximum atomic E-state index is 2.37. The Bertz CT molecular complexity index is 163. The summed E-state index contributed by atoms with van der Waals surface area (Å²) in [6.07, 6.45) is 13.2. The summed E-state index contributed by atoms with van der Waals surface area (Å²) in [5.74, 6) is 0.791. The van der Waals surface area contributed by atoms with E-state index in [1.54, 1.807) is 5.57 Å². The molecular formula is C9H11. The van der Waals surface area contributed by atoms with E-state index >= 15 is 0 Å². The molecule has 9 heavy (non-hydrogen) atoms. The number of hydrogen-bond acceptors (Lipinski definition) is 0. The summed E-state index contributed by atoms with van der Waals surface area (Å²) < 4.78 is 0. The number of allylic oxidation sites excluding steroid dienone is 4. The van der Waals surface area contributed by atoms with Crippen LogP contribution in [0.5, 0.6) is 0 Å². The van der Waals surface area contributed by atoms with Gasteiger partial charge in [-0.3, -0.25) is 0 Å². The number of fused-ring (bicyclic) bond motifs is 1. The van der Waals surface area contributed by atoms with E-state index in [0.29, 0.717) is 0 Å². The lowest BCUT2D eigenvalue weighted by molar-refractivity contribution is 0.585. The molecule has 2 rings (SSSR count). The van der Waals surface area contributed by atoms with Crippen molar-refractivity contribution in [2.24, 2.45) is 5.92 Å². The van der Waals surface area contributed by atoms with Gasteiger partial charge in [-0.2, -0.15) is 0 Å². The predicted octanol–water partition coefficient (Wildman–Crippen LogP) is 2.49. The molecule has 2 aliphatic rings. The Morgan fingerprint density at radius 2 is 2.44 bits per heavy atom. The highest BCUT2D eigenvalue weighted by molar-refractivity contribution is 5.33. The number of hydrogen-bond donors (Lipinski definition) is 0. The SMILES string of the molecule is [CH]1CCCC2C=CC=C12. The summed E-state index contributed by atoms with van der Waals surface area (Å²) in [6, 6.07) is 0. The van der Waals surface area contributed by atoms with Crippen molar-refractivity contribution in [1.82, 2.24) is 0 Å². The first-order valence-corrected chi connectivity index (χ1v) is 3.68. The molecule has 0 aromatic rings.